The van der Waals surface area contributed by atoms with Crippen LogP contribution in [0.5, 0.6) is 0 Å². The normalized spacial score (nSPS) is 17.0. The molecular weight excluding hydrogens is 444 g/mol. The van der Waals surface area contributed by atoms with Gasteiger partial charge >= 0.3 is 6.09 Å². The van der Waals surface area contributed by atoms with Gasteiger partial charge in [0.05, 0.1) is 26.4 Å². The highest BCUT2D eigenvalue weighted by atomic mass is 16.5. The number of anilines is 1. The number of nitrogens with zero attached hydrogens (tertiary/aromatic N) is 5. The summed E-state index contributed by atoms with van der Waals surface area (Å²) in [6, 6.07) is 10.4. The molecule has 188 valence electrons. The van der Waals surface area contributed by atoms with E-state index >= 15 is 0 Å². The molecule has 9 nitrogen and oxygen atoms in total. The van der Waals surface area contributed by atoms with Crippen molar-refractivity contribution in [3.8, 4) is 0 Å². The molecule has 2 fully saturated rings. The molecule has 0 radical (unpaired) electrons. The molecule has 0 unspecified atom stereocenters. The van der Waals surface area contributed by atoms with Gasteiger partial charge in [-0.1, -0.05) is 49.1 Å². The predicted octanol–water partition coefficient (Wildman–Crippen LogP) is 4.90. The summed E-state index contributed by atoms with van der Waals surface area (Å²) in [5.74, 6) is 2.05. The number of carbonyl (C=O) groups is 1. The first-order valence-corrected chi connectivity index (χ1v) is 12.7. The summed E-state index contributed by atoms with van der Waals surface area (Å²) in [5.41, 5.74) is 2.31. The number of ether oxygens (including phenoxy) is 2. The molecule has 9 heteroatoms. The zero-order chi connectivity index (χ0) is 24.3. The monoisotopic (exact) mass is 480 g/mol. The molecule has 1 amide bonds. The minimum absolute atomic E-state index is 0.248. The Bertz CT molecular complexity index is 987. The SMILES string of the molecule is Cc1cccc(CN=Nc2cc(N3CCOCC3)nc(CCCOC(=O)NC3CCCCC3)n2)c1. The number of alkyl carbamates (subject to hydrolysis) is 1. The van der Waals surface area contributed by atoms with Crippen molar-refractivity contribution in [1.29, 1.82) is 0 Å². The molecule has 0 spiro atoms. The number of nitrogens with one attached hydrogen (secondary N) is 1. The molecule has 35 heavy (non-hydrogen) atoms. The van der Waals surface area contributed by atoms with Crippen LogP contribution in [0.4, 0.5) is 16.4 Å². The van der Waals surface area contributed by atoms with E-state index in [2.05, 4.69) is 44.5 Å². The van der Waals surface area contributed by atoms with Gasteiger partial charge in [-0.05, 0) is 31.7 Å². The summed E-state index contributed by atoms with van der Waals surface area (Å²) in [6.07, 6.45) is 6.59. The Labute approximate surface area is 207 Å². The van der Waals surface area contributed by atoms with Gasteiger partial charge in [-0.3, -0.25) is 0 Å². The van der Waals surface area contributed by atoms with Crippen LogP contribution in [0.3, 0.4) is 0 Å². The lowest BCUT2D eigenvalue weighted by Gasteiger charge is -2.28. The molecule has 1 saturated carbocycles. The van der Waals surface area contributed by atoms with Crippen LogP contribution in [0, 0.1) is 6.92 Å². The predicted molar refractivity (Wildman–Crippen MR) is 134 cm³/mol. The molecule has 4 rings (SSSR count). The number of azo groups is 1. The lowest BCUT2D eigenvalue weighted by molar-refractivity contribution is 0.122. The number of carbonyl (C=O) groups excluding carboxylic acids is 1. The van der Waals surface area contributed by atoms with Crippen molar-refractivity contribution in [1.82, 2.24) is 15.3 Å². The van der Waals surface area contributed by atoms with Gasteiger partial charge in [-0.15, -0.1) is 5.11 Å². The second-order valence-electron chi connectivity index (χ2n) is 9.21. The van der Waals surface area contributed by atoms with E-state index in [4.69, 9.17) is 14.5 Å². The van der Waals surface area contributed by atoms with Gasteiger partial charge in [-0.25, -0.2) is 14.8 Å². The second-order valence-corrected chi connectivity index (χ2v) is 9.21. The lowest BCUT2D eigenvalue weighted by atomic mass is 9.96. The smallest absolute Gasteiger partial charge is 0.407 e. The van der Waals surface area contributed by atoms with Crippen LogP contribution in [-0.2, 0) is 22.4 Å². The van der Waals surface area contributed by atoms with E-state index in [0.29, 0.717) is 50.8 Å². The molecule has 1 aromatic carbocycles. The van der Waals surface area contributed by atoms with Crippen molar-refractivity contribution in [2.45, 2.75) is 64.5 Å². The van der Waals surface area contributed by atoms with Crippen molar-refractivity contribution in [3.63, 3.8) is 0 Å². The molecule has 1 saturated heterocycles. The summed E-state index contributed by atoms with van der Waals surface area (Å²) in [7, 11) is 0. The minimum Gasteiger partial charge on any atom is -0.450 e. The van der Waals surface area contributed by atoms with Gasteiger partial charge in [0.2, 0.25) is 0 Å². The van der Waals surface area contributed by atoms with Gasteiger partial charge in [0.25, 0.3) is 0 Å². The average Bonchev–Trinajstić information content (AvgIpc) is 2.88. The van der Waals surface area contributed by atoms with E-state index in [1.807, 2.05) is 18.2 Å². The van der Waals surface area contributed by atoms with Gasteiger partial charge in [0, 0.05) is 31.6 Å². The first kappa shape index (κ1) is 25.0. The lowest BCUT2D eigenvalue weighted by Crippen LogP contribution is -2.37. The Balaban J connectivity index is 1.34. The molecule has 1 aliphatic carbocycles. The van der Waals surface area contributed by atoms with Gasteiger partial charge < -0.3 is 19.7 Å². The highest BCUT2D eigenvalue weighted by molar-refractivity contribution is 5.67. The van der Waals surface area contributed by atoms with Crippen molar-refractivity contribution < 1.29 is 14.3 Å². The number of benzene rings is 1. The Morgan fingerprint density at radius 3 is 2.80 bits per heavy atom. The Morgan fingerprint density at radius 1 is 1.17 bits per heavy atom. The quantitative estimate of drug-likeness (QED) is 0.405. The third-order valence-electron chi connectivity index (χ3n) is 6.29. The molecule has 1 aliphatic heterocycles. The zero-order valence-corrected chi connectivity index (χ0v) is 20.6. The number of hydrogen-bond acceptors (Lipinski definition) is 8. The Hall–Kier alpha value is -3.07. The molecular formula is C26H36N6O3. The largest absolute Gasteiger partial charge is 0.450 e. The van der Waals surface area contributed by atoms with Crippen LogP contribution in [-0.4, -0.2) is 55.0 Å². The van der Waals surface area contributed by atoms with Crippen LogP contribution in [0.25, 0.3) is 0 Å². The molecule has 0 bridgehead atoms. The zero-order valence-electron chi connectivity index (χ0n) is 20.6. The molecule has 0 atom stereocenters. The third-order valence-corrected chi connectivity index (χ3v) is 6.29. The first-order valence-electron chi connectivity index (χ1n) is 12.7. The fourth-order valence-electron chi connectivity index (χ4n) is 4.44. The molecule has 2 aromatic rings. The summed E-state index contributed by atoms with van der Waals surface area (Å²) in [6.45, 7) is 5.80. The average molecular weight is 481 g/mol. The maximum absolute atomic E-state index is 12.1. The topological polar surface area (TPSA) is 101 Å². The fraction of sp³-hybridized carbons (Fsp3) is 0.577. The van der Waals surface area contributed by atoms with Crippen molar-refractivity contribution in [2.75, 3.05) is 37.8 Å². The highest BCUT2D eigenvalue weighted by Gasteiger charge is 2.17. The summed E-state index contributed by atoms with van der Waals surface area (Å²) < 4.78 is 10.9. The molecule has 1 aromatic heterocycles. The van der Waals surface area contributed by atoms with E-state index in [1.54, 1.807) is 0 Å². The van der Waals surface area contributed by atoms with Crippen LogP contribution in [0.2, 0.25) is 0 Å². The van der Waals surface area contributed by atoms with Crippen LogP contribution in [0.1, 0.15) is 55.5 Å². The van der Waals surface area contributed by atoms with Crippen molar-refractivity contribution >= 4 is 17.7 Å². The number of rotatable bonds is 9. The van der Waals surface area contributed by atoms with Crippen LogP contribution < -0.4 is 10.2 Å². The van der Waals surface area contributed by atoms with Crippen molar-refractivity contribution in [2.24, 2.45) is 10.2 Å². The van der Waals surface area contributed by atoms with Gasteiger partial charge in [0.15, 0.2) is 5.82 Å². The first-order chi connectivity index (χ1) is 17.2. The van der Waals surface area contributed by atoms with E-state index in [1.165, 1.54) is 24.8 Å². The maximum Gasteiger partial charge on any atom is 0.407 e. The molecule has 2 heterocycles. The Kier molecular flexibility index (Phi) is 9.39. The Morgan fingerprint density at radius 2 is 2.00 bits per heavy atom. The third kappa shape index (κ3) is 8.28. The number of morpholine rings is 1. The molecule has 1 N–H and O–H groups in total. The fourth-order valence-corrected chi connectivity index (χ4v) is 4.44. The van der Waals surface area contributed by atoms with E-state index in [9.17, 15) is 4.79 Å². The number of aryl methyl sites for hydroxylation is 2. The van der Waals surface area contributed by atoms with Crippen molar-refractivity contribution in [3.05, 3.63) is 47.3 Å². The number of amides is 1. The summed E-state index contributed by atoms with van der Waals surface area (Å²) in [5, 5.41) is 11.7. The standard InChI is InChI=1S/C26H36N6O3/c1-20-7-5-8-21(17-20)19-27-31-24-18-25(32-12-15-34-16-13-32)30-23(29-24)11-6-14-35-26(33)28-22-9-3-2-4-10-22/h5,7-8,17-18,22H,2-4,6,9-16,19H2,1H3,(H,28,33). The maximum atomic E-state index is 12.1. The summed E-state index contributed by atoms with van der Waals surface area (Å²) in [4.78, 5) is 23.6. The van der Waals surface area contributed by atoms with Crippen LogP contribution in [0.15, 0.2) is 40.6 Å². The van der Waals surface area contributed by atoms with E-state index in [0.717, 1.165) is 37.3 Å². The number of hydrogen-bond donors (Lipinski definition) is 1. The van der Waals surface area contributed by atoms with Gasteiger partial charge in [-0.2, -0.15) is 5.11 Å². The molecule has 2 aliphatic rings. The minimum atomic E-state index is -0.328. The van der Waals surface area contributed by atoms with E-state index in [-0.39, 0.29) is 12.1 Å². The summed E-state index contributed by atoms with van der Waals surface area (Å²) >= 11 is 0. The van der Waals surface area contributed by atoms with Gasteiger partial charge in [0.1, 0.15) is 11.6 Å². The number of aromatic nitrogens is 2. The van der Waals surface area contributed by atoms with E-state index < -0.39 is 0 Å². The highest BCUT2D eigenvalue weighted by Crippen LogP contribution is 2.21. The second kappa shape index (κ2) is 13.1. The van der Waals surface area contributed by atoms with Crippen LogP contribution >= 0.6 is 0 Å².